The fourth-order valence-electron chi connectivity index (χ4n) is 2.48. The standard InChI is InChI=1S/C12H18N4O3S/c1-13-12-14-6-9(7-15-12)20(17,18)16-10-4-5-19-11(10)8-2-3-8/h6-8,10-11,16H,2-5H2,1H3,(H,13,14,15). The summed E-state index contributed by atoms with van der Waals surface area (Å²) in [5.74, 6) is 0.900. The maximum absolute atomic E-state index is 12.3. The molecule has 1 aromatic rings. The predicted molar refractivity (Wildman–Crippen MR) is 72.8 cm³/mol. The van der Waals surface area contributed by atoms with Crippen molar-refractivity contribution in [3.05, 3.63) is 12.4 Å². The van der Waals surface area contributed by atoms with E-state index in [2.05, 4.69) is 20.0 Å². The van der Waals surface area contributed by atoms with Crippen LogP contribution in [0.25, 0.3) is 0 Å². The molecule has 0 aromatic carbocycles. The van der Waals surface area contributed by atoms with Crippen LogP contribution in [-0.4, -0.2) is 44.2 Å². The van der Waals surface area contributed by atoms with Crippen molar-refractivity contribution >= 4 is 16.0 Å². The molecule has 110 valence electrons. The van der Waals surface area contributed by atoms with Crippen molar-refractivity contribution in [3.63, 3.8) is 0 Å². The van der Waals surface area contributed by atoms with Crippen LogP contribution < -0.4 is 10.0 Å². The molecule has 2 unspecified atom stereocenters. The van der Waals surface area contributed by atoms with Crippen LogP contribution in [-0.2, 0) is 14.8 Å². The van der Waals surface area contributed by atoms with Crippen LogP contribution in [0.3, 0.4) is 0 Å². The molecule has 1 aromatic heterocycles. The van der Waals surface area contributed by atoms with E-state index in [-0.39, 0.29) is 17.0 Å². The number of anilines is 1. The highest BCUT2D eigenvalue weighted by Crippen LogP contribution is 2.39. The molecule has 7 nitrogen and oxygen atoms in total. The van der Waals surface area contributed by atoms with Crippen molar-refractivity contribution in [2.24, 2.45) is 5.92 Å². The minimum Gasteiger partial charge on any atom is -0.376 e. The summed E-state index contributed by atoms with van der Waals surface area (Å²) in [6.45, 7) is 0.615. The molecule has 1 aliphatic carbocycles. The molecule has 0 spiro atoms. The topological polar surface area (TPSA) is 93.2 Å². The molecule has 0 radical (unpaired) electrons. The zero-order chi connectivity index (χ0) is 14.2. The molecule has 0 amide bonds. The summed E-state index contributed by atoms with van der Waals surface area (Å²) >= 11 is 0. The van der Waals surface area contributed by atoms with Crippen molar-refractivity contribution in [2.75, 3.05) is 19.0 Å². The Labute approximate surface area is 118 Å². The average molecular weight is 298 g/mol. The first kappa shape index (κ1) is 13.7. The molecule has 8 heteroatoms. The van der Waals surface area contributed by atoms with E-state index in [1.54, 1.807) is 7.05 Å². The van der Waals surface area contributed by atoms with Gasteiger partial charge in [-0.25, -0.2) is 23.1 Å². The van der Waals surface area contributed by atoms with Crippen LogP contribution in [0.15, 0.2) is 17.3 Å². The second-order valence-corrected chi connectivity index (χ2v) is 6.90. The highest BCUT2D eigenvalue weighted by molar-refractivity contribution is 7.89. The van der Waals surface area contributed by atoms with Gasteiger partial charge in [0.15, 0.2) is 0 Å². The molecule has 2 aliphatic rings. The van der Waals surface area contributed by atoms with Crippen LogP contribution in [0.1, 0.15) is 19.3 Å². The SMILES string of the molecule is CNc1ncc(S(=O)(=O)NC2CCOC2C2CC2)cn1. The molecule has 2 atom stereocenters. The Kier molecular flexibility index (Phi) is 3.61. The molecule has 3 rings (SSSR count). The molecule has 2 heterocycles. The van der Waals surface area contributed by atoms with Gasteiger partial charge < -0.3 is 10.1 Å². The van der Waals surface area contributed by atoms with Gasteiger partial charge in [-0.2, -0.15) is 0 Å². The van der Waals surface area contributed by atoms with E-state index < -0.39 is 10.0 Å². The molecule has 1 saturated heterocycles. The number of nitrogens with zero attached hydrogens (tertiary/aromatic N) is 2. The van der Waals surface area contributed by atoms with Crippen molar-refractivity contribution in [3.8, 4) is 0 Å². The van der Waals surface area contributed by atoms with E-state index in [1.165, 1.54) is 12.4 Å². The summed E-state index contributed by atoms with van der Waals surface area (Å²) < 4.78 is 33.0. The summed E-state index contributed by atoms with van der Waals surface area (Å²) in [5, 5.41) is 2.75. The largest absolute Gasteiger partial charge is 0.376 e. The Morgan fingerprint density at radius 3 is 2.55 bits per heavy atom. The third kappa shape index (κ3) is 2.77. The first-order valence-electron chi connectivity index (χ1n) is 6.74. The van der Waals surface area contributed by atoms with Crippen LogP contribution >= 0.6 is 0 Å². The molecular formula is C12H18N4O3S. The lowest BCUT2D eigenvalue weighted by molar-refractivity contribution is 0.0848. The van der Waals surface area contributed by atoms with Crippen molar-refractivity contribution in [1.82, 2.24) is 14.7 Å². The van der Waals surface area contributed by atoms with Gasteiger partial charge in [-0.05, 0) is 25.2 Å². The molecule has 2 fully saturated rings. The van der Waals surface area contributed by atoms with E-state index in [9.17, 15) is 8.42 Å². The molecule has 20 heavy (non-hydrogen) atoms. The van der Waals surface area contributed by atoms with Gasteiger partial charge in [0.1, 0.15) is 4.90 Å². The number of hydrogen-bond donors (Lipinski definition) is 2. The van der Waals surface area contributed by atoms with Crippen LogP contribution in [0.4, 0.5) is 5.95 Å². The second kappa shape index (κ2) is 5.27. The quantitative estimate of drug-likeness (QED) is 0.815. The lowest BCUT2D eigenvalue weighted by Crippen LogP contribution is -2.41. The zero-order valence-electron chi connectivity index (χ0n) is 11.2. The van der Waals surface area contributed by atoms with Gasteiger partial charge in [0.25, 0.3) is 0 Å². The van der Waals surface area contributed by atoms with Crippen molar-refractivity contribution < 1.29 is 13.2 Å². The summed E-state index contributed by atoms with van der Waals surface area (Å²) in [4.78, 5) is 7.95. The summed E-state index contributed by atoms with van der Waals surface area (Å²) in [6.07, 6.45) is 5.61. The molecule has 2 N–H and O–H groups in total. The van der Waals surface area contributed by atoms with E-state index in [0.717, 1.165) is 19.3 Å². The van der Waals surface area contributed by atoms with Crippen LogP contribution in [0.5, 0.6) is 0 Å². The maximum Gasteiger partial charge on any atom is 0.243 e. The van der Waals surface area contributed by atoms with Gasteiger partial charge in [-0.3, -0.25) is 0 Å². The van der Waals surface area contributed by atoms with Gasteiger partial charge in [0.05, 0.1) is 24.5 Å². The summed E-state index contributed by atoms with van der Waals surface area (Å²) in [7, 11) is -1.91. The Hall–Kier alpha value is -1.25. The molecule has 1 aliphatic heterocycles. The van der Waals surface area contributed by atoms with E-state index >= 15 is 0 Å². The Morgan fingerprint density at radius 1 is 1.25 bits per heavy atom. The minimum absolute atomic E-state index is 0.0160. The van der Waals surface area contributed by atoms with Gasteiger partial charge in [-0.1, -0.05) is 0 Å². The van der Waals surface area contributed by atoms with E-state index in [1.807, 2.05) is 0 Å². The molecular weight excluding hydrogens is 280 g/mol. The zero-order valence-corrected chi connectivity index (χ0v) is 12.1. The fraction of sp³-hybridized carbons (Fsp3) is 0.667. The number of rotatable bonds is 5. The predicted octanol–water partition coefficient (Wildman–Crippen LogP) is 0.364. The monoisotopic (exact) mass is 298 g/mol. The van der Waals surface area contributed by atoms with Crippen molar-refractivity contribution in [2.45, 2.75) is 36.3 Å². The summed E-state index contributed by atoms with van der Waals surface area (Å²) in [6, 6.07) is -0.142. The first-order chi connectivity index (χ1) is 9.60. The Balaban J connectivity index is 1.73. The van der Waals surface area contributed by atoms with Gasteiger partial charge in [0.2, 0.25) is 16.0 Å². The number of aromatic nitrogens is 2. The number of sulfonamides is 1. The highest BCUT2D eigenvalue weighted by atomic mass is 32.2. The van der Waals surface area contributed by atoms with Gasteiger partial charge in [0, 0.05) is 13.7 Å². The third-order valence-corrected chi connectivity index (χ3v) is 5.14. The van der Waals surface area contributed by atoms with Crippen molar-refractivity contribution in [1.29, 1.82) is 0 Å². The first-order valence-corrected chi connectivity index (χ1v) is 8.22. The number of ether oxygens (including phenoxy) is 1. The minimum atomic E-state index is -3.59. The lowest BCUT2D eigenvalue weighted by atomic mass is 10.1. The lowest BCUT2D eigenvalue weighted by Gasteiger charge is -2.19. The molecule has 0 bridgehead atoms. The normalized spacial score (nSPS) is 26.6. The van der Waals surface area contributed by atoms with Gasteiger partial charge >= 0.3 is 0 Å². The fourth-order valence-corrected chi connectivity index (χ4v) is 3.65. The summed E-state index contributed by atoms with van der Waals surface area (Å²) in [5.41, 5.74) is 0. The van der Waals surface area contributed by atoms with Crippen LogP contribution in [0, 0.1) is 5.92 Å². The smallest absolute Gasteiger partial charge is 0.243 e. The van der Waals surface area contributed by atoms with E-state index in [0.29, 0.717) is 18.5 Å². The Morgan fingerprint density at radius 2 is 1.95 bits per heavy atom. The second-order valence-electron chi connectivity index (χ2n) is 5.18. The number of nitrogens with one attached hydrogen (secondary N) is 2. The number of hydrogen-bond acceptors (Lipinski definition) is 6. The maximum atomic E-state index is 12.3. The van der Waals surface area contributed by atoms with Crippen LogP contribution in [0.2, 0.25) is 0 Å². The molecule has 1 saturated carbocycles. The van der Waals surface area contributed by atoms with Gasteiger partial charge in [-0.15, -0.1) is 0 Å². The highest BCUT2D eigenvalue weighted by Gasteiger charge is 2.42. The average Bonchev–Trinajstić information content (AvgIpc) is 3.19. The van der Waals surface area contributed by atoms with E-state index in [4.69, 9.17) is 4.74 Å². The Bertz CT molecular complexity index is 571. The third-order valence-electron chi connectivity index (χ3n) is 3.69.